The van der Waals surface area contributed by atoms with Gasteiger partial charge in [-0.3, -0.25) is 0 Å². The normalized spacial score (nSPS) is 32.3. The maximum absolute atomic E-state index is 5.46. The molecule has 0 aliphatic carbocycles. The van der Waals surface area contributed by atoms with Crippen molar-refractivity contribution in [2.45, 2.75) is 25.3 Å². The van der Waals surface area contributed by atoms with Crippen LogP contribution in [0.4, 0.5) is 0 Å². The van der Waals surface area contributed by atoms with Crippen LogP contribution < -0.4 is 11.2 Å². The molecule has 3 N–H and O–H groups in total. The molecule has 2 aliphatic rings. The van der Waals surface area contributed by atoms with Crippen molar-refractivity contribution in [2.75, 3.05) is 13.2 Å². The summed E-state index contributed by atoms with van der Waals surface area (Å²) >= 11 is 0. The summed E-state index contributed by atoms with van der Waals surface area (Å²) in [5, 5.41) is 3.32. The van der Waals surface area contributed by atoms with Gasteiger partial charge < -0.3 is 14.9 Å². The summed E-state index contributed by atoms with van der Waals surface area (Å²) in [6.45, 7) is 7.30. The zero-order valence-corrected chi connectivity index (χ0v) is 8.43. The minimum atomic E-state index is -0.256. The highest BCUT2D eigenvalue weighted by Crippen LogP contribution is 2.37. The standard InChI is InChI=1S/C10H16N2O2/c1-7-8(2)12-10(9(7)14-11)4-3-5-13-6-10/h12H,2-6,11H2,1H3. The van der Waals surface area contributed by atoms with Crippen LogP contribution in [-0.4, -0.2) is 18.8 Å². The molecule has 0 radical (unpaired) electrons. The summed E-state index contributed by atoms with van der Waals surface area (Å²) in [5.41, 5.74) is 1.63. The number of ether oxygens (including phenoxy) is 1. The van der Waals surface area contributed by atoms with E-state index in [1.165, 1.54) is 0 Å². The molecule has 4 heteroatoms. The van der Waals surface area contributed by atoms with Crippen molar-refractivity contribution in [3.8, 4) is 0 Å². The molecular formula is C10H16N2O2. The first-order valence-corrected chi connectivity index (χ1v) is 4.83. The average molecular weight is 196 g/mol. The van der Waals surface area contributed by atoms with Gasteiger partial charge in [-0.2, -0.15) is 5.90 Å². The van der Waals surface area contributed by atoms with Gasteiger partial charge >= 0.3 is 0 Å². The van der Waals surface area contributed by atoms with Gasteiger partial charge in [-0.25, -0.2) is 0 Å². The predicted molar refractivity (Wildman–Crippen MR) is 53.0 cm³/mol. The van der Waals surface area contributed by atoms with Crippen LogP contribution in [0.2, 0.25) is 0 Å². The Morgan fingerprint density at radius 3 is 3.00 bits per heavy atom. The van der Waals surface area contributed by atoms with Crippen LogP contribution in [0.1, 0.15) is 19.8 Å². The van der Waals surface area contributed by atoms with Crippen molar-refractivity contribution in [1.82, 2.24) is 5.32 Å². The maximum Gasteiger partial charge on any atom is 0.156 e. The fraction of sp³-hybridized carbons (Fsp3) is 0.600. The monoisotopic (exact) mass is 196 g/mol. The van der Waals surface area contributed by atoms with E-state index >= 15 is 0 Å². The first-order valence-electron chi connectivity index (χ1n) is 4.83. The minimum absolute atomic E-state index is 0.256. The molecule has 4 nitrogen and oxygen atoms in total. The zero-order valence-electron chi connectivity index (χ0n) is 8.43. The number of nitrogens with one attached hydrogen (secondary N) is 1. The molecule has 2 heterocycles. The van der Waals surface area contributed by atoms with Gasteiger partial charge in [-0.15, -0.1) is 0 Å². The van der Waals surface area contributed by atoms with Gasteiger partial charge in [0.2, 0.25) is 0 Å². The summed E-state index contributed by atoms with van der Waals surface area (Å²) in [4.78, 5) is 4.96. The smallest absolute Gasteiger partial charge is 0.156 e. The lowest BCUT2D eigenvalue weighted by Gasteiger charge is -2.34. The van der Waals surface area contributed by atoms with Gasteiger partial charge in [0.1, 0.15) is 5.54 Å². The summed E-state index contributed by atoms with van der Waals surface area (Å²) in [5.74, 6) is 6.08. The number of allylic oxidation sites excluding steroid dienone is 1. The second kappa shape index (κ2) is 3.29. The fourth-order valence-electron chi connectivity index (χ4n) is 2.21. The molecule has 0 aromatic rings. The van der Waals surface area contributed by atoms with Crippen LogP contribution in [0.3, 0.4) is 0 Å². The van der Waals surface area contributed by atoms with Gasteiger partial charge in [0, 0.05) is 17.9 Å². The van der Waals surface area contributed by atoms with Crippen LogP contribution >= 0.6 is 0 Å². The third kappa shape index (κ3) is 1.22. The summed E-state index contributed by atoms with van der Waals surface area (Å²) in [6.07, 6.45) is 2.00. The van der Waals surface area contributed by atoms with Crippen LogP contribution in [0.5, 0.6) is 0 Å². The minimum Gasteiger partial charge on any atom is -0.413 e. The molecule has 0 bridgehead atoms. The molecule has 0 aromatic carbocycles. The molecule has 0 aromatic heterocycles. The summed E-state index contributed by atoms with van der Waals surface area (Å²) < 4.78 is 5.46. The molecule has 1 spiro atoms. The maximum atomic E-state index is 5.46. The predicted octanol–water partition coefficient (Wildman–Crippen LogP) is 0.817. The molecule has 1 unspecified atom stereocenters. The summed E-state index contributed by atoms with van der Waals surface area (Å²) in [6, 6.07) is 0. The van der Waals surface area contributed by atoms with Gasteiger partial charge in [-0.1, -0.05) is 6.58 Å². The third-order valence-electron chi connectivity index (χ3n) is 2.98. The van der Waals surface area contributed by atoms with Crippen molar-refractivity contribution in [3.63, 3.8) is 0 Å². The van der Waals surface area contributed by atoms with E-state index in [0.717, 1.165) is 36.5 Å². The second-order valence-corrected chi connectivity index (χ2v) is 3.91. The molecule has 14 heavy (non-hydrogen) atoms. The van der Waals surface area contributed by atoms with Crippen molar-refractivity contribution in [1.29, 1.82) is 0 Å². The fourth-order valence-corrected chi connectivity index (χ4v) is 2.21. The molecule has 78 valence electrons. The lowest BCUT2D eigenvalue weighted by molar-refractivity contribution is 0.0157. The lowest BCUT2D eigenvalue weighted by atomic mass is 9.91. The Labute approximate surface area is 83.7 Å². The molecule has 1 saturated heterocycles. The number of hydrogen-bond donors (Lipinski definition) is 2. The van der Waals surface area contributed by atoms with Gasteiger partial charge in [0.05, 0.1) is 6.61 Å². The number of nitrogens with two attached hydrogens (primary N) is 1. The Morgan fingerprint density at radius 2 is 2.43 bits per heavy atom. The SMILES string of the molecule is C=C1NC2(CCCOC2)C(ON)=C1C. The van der Waals surface area contributed by atoms with Crippen molar-refractivity contribution in [2.24, 2.45) is 5.90 Å². The Kier molecular flexibility index (Phi) is 2.25. The van der Waals surface area contributed by atoms with Gasteiger partial charge in [0.25, 0.3) is 0 Å². The Morgan fingerprint density at radius 1 is 1.64 bits per heavy atom. The quantitative estimate of drug-likeness (QED) is 0.609. The van der Waals surface area contributed by atoms with E-state index in [2.05, 4.69) is 11.9 Å². The Hall–Kier alpha value is -1.00. The molecule has 0 saturated carbocycles. The van der Waals surface area contributed by atoms with E-state index in [-0.39, 0.29) is 5.54 Å². The molecule has 1 atom stereocenters. The van der Waals surface area contributed by atoms with E-state index in [9.17, 15) is 0 Å². The second-order valence-electron chi connectivity index (χ2n) is 3.91. The van der Waals surface area contributed by atoms with Crippen molar-refractivity contribution in [3.05, 3.63) is 23.6 Å². The molecule has 2 rings (SSSR count). The van der Waals surface area contributed by atoms with E-state index in [4.69, 9.17) is 15.5 Å². The van der Waals surface area contributed by atoms with E-state index in [1.807, 2.05) is 6.92 Å². The molecule has 1 fully saturated rings. The van der Waals surface area contributed by atoms with Crippen molar-refractivity contribution >= 4 is 0 Å². The highest BCUT2D eigenvalue weighted by atomic mass is 16.6. The first kappa shape index (κ1) is 9.55. The van der Waals surface area contributed by atoms with Crippen molar-refractivity contribution < 1.29 is 9.57 Å². The average Bonchev–Trinajstić information content (AvgIpc) is 2.40. The molecular weight excluding hydrogens is 180 g/mol. The molecule has 0 amide bonds. The molecule has 2 aliphatic heterocycles. The van der Waals surface area contributed by atoms with E-state index in [0.29, 0.717) is 6.61 Å². The van der Waals surface area contributed by atoms with Gasteiger partial charge in [0.15, 0.2) is 5.76 Å². The topological polar surface area (TPSA) is 56.5 Å². The highest BCUT2D eigenvalue weighted by molar-refractivity contribution is 5.42. The number of hydrogen-bond acceptors (Lipinski definition) is 4. The Balaban J connectivity index is 2.32. The number of rotatable bonds is 1. The van der Waals surface area contributed by atoms with E-state index < -0.39 is 0 Å². The van der Waals surface area contributed by atoms with Gasteiger partial charge in [-0.05, 0) is 19.8 Å². The summed E-state index contributed by atoms with van der Waals surface area (Å²) in [7, 11) is 0. The van der Waals surface area contributed by atoms with E-state index in [1.54, 1.807) is 0 Å². The van der Waals surface area contributed by atoms with Crippen LogP contribution in [0, 0.1) is 0 Å². The van der Waals surface area contributed by atoms with Crippen LogP contribution in [0.25, 0.3) is 0 Å². The lowest BCUT2D eigenvalue weighted by Crippen LogP contribution is -2.49. The largest absolute Gasteiger partial charge is 0.413 e. The highest BCUT2D eigenvalue weighted by Gasteiger charge is 2.44. The first-order chi connectivity index (χ1) is 6.69. The Bertz CT molecular complexity index is 290. The third-order valence-corrected chi connectivity index (χ3v) is 2.98. The van der Waals surface area contributed by atoms with Crippen LogP contribution in [0.15, 0.2) is 23.6 Å². The zero-order chi connectivity index (χ0) is 10.2. The van der Waals surface area contributed by atoms with Crippen LogP contribution in [-0.2, 0) is 9.57 Å².